The fraction of sp³-hybridized carbons (Fsp3) is 0.214. The maximum Gasteiger partial charge on any atom is 0.244 e. The summed E-state index contributed by atoms with van der Waals surface area (Å²) in [5.41, 5.74) is 0. The number of carbonyl (C=O) groups is 1. The highest BCUT2D eigenvalue weighted by molar-refractivity contribution is 5.91. The summed E-state index contributed by atoms with van der Waals surface area (Å²) >= 11 is 0. The number of aliphatic hydroxyl groups excluding tert-OH is 1. The second-order valence-corrected chi connectivity index (χ2v) is 3.96. The molecule has 0 spiro atoms. The zero-order valence-electron chi connectivity index (χ0n) is 10.3. The minimum Gasteiger partial charge on any atom is -0.467 e. The normalized spacial score (nSPS) is 12.7. The van der Waals surface area contributed by atoms with Gasteiger partial charge in [-0.15, -0.1) is 0 Å². The first-order valence-electron chi connectivity index (χ1n) is 5.96. The van der Waals surface area contributed by atoms with Crippen molar-refractivity contribution in [3.63, 3.8) is 0 Å². The molecule has 0 saturated heterocycles. The molecule has 0 aliphatic rings. The van der Waals surface area contributed by atoms with Crippen LogP contribution in [0.1, 0.15) is 24.0 Å². The summed E-state index contributed by atoms with van der Waals surface area (Å²) in [4.78, 5) is 11.5. The largest absolute Gasteiger partial charge is 0.467 e. The Labute approximate surface area is 110 Å². The van der Waals surface area contributed by atoms with Gasteiger partial charge in [0.15, 0.2) is 0 Å². The van der Waals surface area contributed by atoms with Crippen molar-refractivity contribution >= 4 is 12.0 Å². The van der Waals surface area contributed by atoms with Gasteiger partial charge in [0.05, 0.1) is 12.5 Å². The van der Waals surface area contributed by atoms with E-state index in [0.29, 0.717) is 24.5 Å². The molecule has 2 heterocycles. The van der Waals surface area contributed by atoms with Gasteiger partial charge >= 0.3 is 0 Å². The Bertz CT molecular complexity index is 514. The Morgan fingerprint density at radius 1 is 1.32 bits per heavy atom. The van der Waals surface area contributed by atoms with Gasteiger partial charge in [-0.25, -0.2) is 0 Å². The van der Waals surface area contributed by atoms with Crippen LogP contribution in [0.15, 0.2) is 51.7 Å². The van der Waals surface area contributed by atoms with Gasteiger partial charge in [-0.05, 0) is 36.8 Å². The molecule has 2 aromatic heterocycles. The minimum absolute atomic E-state index is 0.233. The lowest BCUT2D eigenvalue weighted by molar-refractivity contribution is -0.116. The van der Waals surface area contributed by atoms with Crippen LogP contribution in [0, 0.1) is 0 Å². The maximum absolute atomic E-state index is 11.5. The standard InChI is InChI=1S/C14H15NO4/c16-12(13-4-2-10-19-13)7-8-15-14(17)6-5-11-3-1-9-18-11/h1-6,9-10,12,16H,7-8H2,(H,15,17). The van der Waals surface area contributed by atoms with Crippen molar-refractivity contribution < 1.29 is 18.7 Å². The van der Waals surface area contributed by atoms with E-state index >= 15 is 0 Å². The molecule has 1 amide bonds. The molecule has 2 aromatic rings. The number of nitrogens with one attached hydrogen (secondary N) is 1. The Balaban J connectivity index is 1.69. The molecule has 2 N–H and O–H groups in total. The zero-order valence-corrected chi connectivity index (χ0v) is 10.3. The highest BCUT2D eigenvalue weighted by Crippen LogP contribution is 2.15. The van der Waals surface area contributed by atoms with Crippen LogP contribution < -0.4 is 5.32 Å². The number of hydrogen-bond acceptors (Lipinski definition) is 4. The molecule has 5 heteroatoms. The molecule has 19 heavy (non-hydrogen) atoms. The van der Waals surface area contributed by atoms with E-state index in [0.717, 1.165) is 0 Å². The summed E-state index contributed by atoms with van der Waals surface area (Å²) in [5.74, 6) is 0.884. The molecule has 0 aliphatic carbocycles. The summed E-state index contributed by atoms with van der Waals surface area (Å²) < 4.78 is 10.1. The van der Waals surface area contributed by atoms with Gasteiger partial charge in [0, 0.05) is 12.6 Å². The SMILES string of the molecule is O=C(C=Cc1ccco1)NCCC(O)c1ccco1. The van der Waals surface area contributed by atoms with Crippen LogP contribution in [-0.2, 0) is 4.79 Å². The highest BCUT2D eigenvalue weighted by Gasteiger charge is 2.09. The summed E-state index contributed by atoms with van der Waals surface area (Å²) in [6, 6.07) is 6.91. The van der Waals surface area contributed by atoms with E-state index < -0.39 is 6.10 Å². The van der Waals surface area contributed by atoms with Crippen molar-refractivity contribution in [1.82, 2.24) is 5.32 Å². The molecule has 0 aromatic carbocycles. The molecule has 100 valence electrons. The number of aliphatic hydroxyl groups is 1. The molecule has 1 unspecified atom stereocenters. The highest BCUT2D eigenvalue weighted by atomic mass is 16.4. The summed E-state index contributed by atoms with van der Waals surface area (Å²) in [7, 11) is 0. The average molecular weight is 261 g/mol. The quantitative estimate of drug-likeness (QED) is 0.781. The molecule has 0 aliphatic heterocycles. The lowest BCUT2D eigenvalue weighted by Gasteiger charge is -2.07. The van der Waals surface area contributed by atoms with Gasteiger partial charge in [-0.1, -0.05) is 0 Å². The van der Waals surface area contributed by atoms with E-state index in [2.05, 4.69) is 5.32 Å². The Kier molecular flexibility index (Phi) is 4.58. The predicted octanol–water partition coefficient (Wildman–Crippen LogP) is 2.13. The van der Waals surface area contributed by atoms with Crippen LogP contribution in [0.25, 0.3) is 6.08 Å². The van der Waals surface area contributed by atoms with Crippen LogP contribution in [0.3, 0.4) is 0 Å². The molecule has 2 rings (SSSR count). The van der Waals surface area contributed by atoms with Crippen LogP contribution in [0.4, 0.5) is 0 Å². The van der Waals surface area contributed by atoms with Gasteiger partial charge in [-0.3, -0.25) is 4.79 Å². The number of hydrogen-bond donors (Lipinski definition) is 2. The second kappa shape index (κ2) is 6.61. The summed E-state index contributed by atoms with van der Waals surface area (Å²) in [6.07, 6.45) is 5.70. The Morgan fingerprint density at radius 3 is 2.79 bits per heavy atom. The molecule has 0 radical (unpaired) electrons. The van der Waals surface area contributed by atoms with E-state index in [1.165, 1.54) is 18.6 Å². The van der Waals surface area contributed by atoms with Crippen molar-refractivity contribution in [1.29, 1.82) is 0 Å². The Hall–Kier alpha value is -2.27. The maximum atomic E-state index is 11.5. The van der Waals surface area contributed by atoms with E-state index in [4.69, 9.17) is 8.83 Å². The molecule has 1 atom stereocenters. The van der Waals surface area contributed by atoms with Gasteiger partial charge in [0.2, 0.25) is 5.91 Å². The molecule has 0 bridgehead atoms. The van der Waals surface area contributed by atoms with Crippen LogP contribution in [0.5, 0.6) is 0 Å². The van der Waals surface area contributed by atoms with E-state index in [-0.39, 0.29) is 5.91 Å². The summed E-state index contributed by atoms with van der Waals surface area (Å²) in [6.45, 7) is 0.364. The number of furan rings is 2. The lowest BCUT2D eigenvalue weighted by Crippen LogP contribution is -2.23. The van der Waals surface area contributed by atoms with Crippen molar-refractivity contribution in [2.75, 3.05) is 6.54 Å². The monoisotopic (exact) mass is 261 g/mol. The Morgan fingerprint density at radius 2 is 2.11 bits per heavy atom. The third kappa shape index (κ3) is 4.15. The average Bonchev–Trinajstić information content (AvgIpc) is 3.09. The van der Waals surface area contributed by atoms with Crippen LogP contribution in [-0.4, -0.2) is 17.6 Å². The van der Waals surface area contributed by atoms with Crippen molar-refractivity contribution in [2.24, 2.45) is 0 Å². The third-order valence-electron chi connectivity index (χ3n) is 2.53. The van der Waals surface area contributed by atoms with Crippen molar-refractivity contribution in [2.45, 2.75) is 12.5 Å². The molecule has 5 nitrogen and oxygen atoms in total. The molecular weight excluding hydrogens is 246 g/mol. The molecule has 0 fully saturated rings. The van der Waals surface area contributed by atoms with E-state index in [1.807, 2.05) is 0 Å². The molecule has 0 saturated carbocycles. The smallest absolute Gasteiger partial charge is 0.244 e. The van der Waals surface area contributed by atoms with Gasteiger partial charge in [-0.2, -0.15) is 0 Å². The zero-order chi connectivity index (χ0) is 13.5. The minimum atomic E-state index is -0.704. The first kappa shape index (κ1) is 13.2. The first-order valence-corrected chi connectivity index (χ1v) is 5.96. The fourth-order valence-electron chi connectivity index (χ4n) is 1.56. The summed E-state index contributed by atoms with van der Waals surface area (Å²) in [5, 5.41) is 12.4. The predicted molar refractivity (Wildman–Crippen MR) is 69.0 cm³/mol. The fourth-order valence-corrected chi connectivity index (χ4v) is 1.56. The van der Waals surface area contributed by atoms with Crippen molar-refractivity contribution in [3.05, 3.63) is 54.4 Å². The van der Waals surface area contributed by atoms with Gasteiger partial charge < -0.3 is 19.3 Å². The van der Waals surface area contributed by atoms with E-state index in [9.17, 15) is 9.90 Å². The third-order valence-corrected chi connectivity index (χ3v) is 2.53. The second-order valence-electron chi connectivity index (χ2n) is 3.96. The lowest BCUT2D eigenvalue weighted by atomic mass is 10.2. The van der Waals surface area contributed by atoms with Crippen LogP contribution >= 0.6 is 0 Å². The topological polar surface area (TPSA) is 75.6 Å². The van der Waals surface area contributed by atoms with Gasteiger partial charge in [0.25, 0.3) is 0 Å². The number of carbonyl (C=O) groups excluding carboxylic acids is 1. The number of amides is 1. The van der Waals surface area contributed by atoms with Crippen molar-refractivity contribution in [3.8, 4) is 0 Å². The number of rotatable bonds is 6. The molecular formula is C14H15NO4. The van der Waals surface area contributed by atoms with E-state index in [1.54, 1.807) is 30.3 Å². The first-order chi connectivity index (χ1) is 9.25. The van der Waals surface area contributed by atoms with Crippen LogP contribution in [0.2, 0.25) is 0 Å². The van der Waals surface area contributed by atoms with Gasteiger partial charge in [0.1, 0.15) is 17.6 Å².